The predicted octanol–water partition coefficient (Wildman–Crippen LogP) is 3.13. The lowest BCUT2D eigenvalue weighted by molar-refractivity contribution is -0.387. The molecule has 0 saturated carbocycles. The van der Waals surface area contributed by atoms with Gasteiger partial charge in [0.25, 0.3) is 21.6 Å². The molecule has 1 N–H and O–H groups in total. The number of nitrogens with zero attached hydrogens (tertiary/aromatic N) is 4. The van der Waals surface area contributed by atoms with Gasteiger partial charge in [-0.1, -0.05) is 55.8 Å². The minimum absolute atomic E-state index is 0.00391. The van der Waals surface area contributed by atoms with Gasteiger partial charge in [0, 0.05) is 25.9 Å². The van der Waals surface area contributed by atoms with Crippen LogP contribution < -0.4 is 9.62 Å². The normalized spacial score (nSPS) is 11.1. The number of carbonyl (C=O) groups excluding carboxylic acids is 1. The first-order valence-corrected chi connectivity index (χ1v) is 12.1. The molecule has 0 fully saturated rings. The van der Waals surface area contributed by atoms with Crippen molar-refractivity contribution in [3.63, 3.8) is 0 Å². The lowest BCUT2D eigenvalue weighted by atomic mass is 10.1. The molecule has 11 heteroatoms. The number of nitro benzene ring substituents is 1. The van der Waals surface area contributed by atoms with Crippen molar-refractivity contribution in [3.8, 4) is 0 Å². The lowest BCUT2D eigenvalue weighted by Crippen LogP contribution is -2.32. The van der Waals surface area contributed by atoms with Crippen molar-refractivity contribution in [2.24, 2.45) is 0 Å². The van der Waals surface area contributed by atoms with E-state index in [-0.39, 0.29) is 5.56 Å². The number of aromatic nitrogens is 2. The molecule has 0 aliphatic heterocycles. The van der Waals surface area contributed by atoms with E-state index in [0.717, 1.165) is 18.6 Å². The molecule has 0 unspecified atom stereocenters. The SMILES string of the molecule is CCCc1nc(N(C)CCc2ccccc2)ncc1C(=O)NS(=O)(=O)c1ccccc1[N+](=O)[O-]. The zero-order valence-electron chi connectivity index (χ0n) is 18.8. The fourth-order valence-corrected chi connectivity index (χ4v) is 4.46. The van der Waals surface area contributed by atoms with Gasteiger partial charge in [0.1, 0.15) is 0 Å². The number of amides is 1. The Morgan fingerprint density at radius 3 is 2.44 bits per heavy atom. The zero-order chi connectivity index (χ0) is 24.7. The average molecular weight is 484 g/mol. The molecule has 0 atom stereocenters. The fraction of sp³-hybridized carbons (Fsp3) is 0.261. The first-order valence-electron chi connectivity index (χ1n) is 10.6. The maximum absolute atomic E-state index is 12.8. The van der Waals surface area contributed by atoms with E-state index in [0.29, 0.717) is 31.0 Å². The Balaban J connectivity index is 1.82. The maximum atomic E-state index is 12.8. The van der Waals surface area contributed by atoms with Gasteiger partial charge in [0.2, 0.25) is 5.95 Å². The van der Waals surface area contributed by atoms with Crippen LogP contribution in [0.15, 0.2) is 65.7 Å². The van der Waals surface area contributed by atoms with Gasteiger partial charge in [0.05, 0.1) is 16.2 Å². The van der Waals surface area contributed by atoms with Crippen LogP contribution in [-0.4, -0.2) is 42.8 Å². The van der Waals surface area contributed by atoms with E-state index in [1.54, 1.807) is 0 Å². The number of benzene rings is 2. The number of anilines is 1. The minimum atomic E-state index is -4.49. The van der Waals surface area contributed by atoms with Crippen molar-refractivity contribution in [2.45, 2.75) is 31.1 Å². The highest BCUT2D eigenvalue weighted by Gasteiger charge is 2.28. The van der Waals surface area contributed by atoms with Crippen LogP contribution in [0.2, 0.25) is 0 Å². The van der Waals surface area contributed by atoms with E-state index in [1.165, 1.54) is 23.9 Å². The van der Waals surface area contributed by atoms with Gasteiger partial charge in [-0.05, 0) is 24.5 Å². The Labute approximate surface area is 197 Å². The quantitative estimate of drug-likeness (QED) is 0.343. The van der Waals surface area contributed by atoms with Gasteiger partial charge in [-0.2, -0.15) is 0 Å². The molecule has 0 saturated heterocycles. The molecule has 1 heterocycles. The number of hydrogen-bond donors (Lipinski definition) is 1. The molecule has 1 aromatic heterocycles. The molecule has 2 aromatic carbocycles. The first kappa shape index (κ1) is 24.8. The topological polar surface area (TPSA) is 135 Å². The van der Waals surface area contributed by atoms with Crippen LogP contribution in [0.3, 0.4) is 0 Å². The summed E-state index contributed by atoms with van der Waals surface area (Å²) in [6, 6.07) is 14.8. The maximum Gasteiger partial charge on any atom is 0.289 e. The Morgan fingerprint density at radius 1 is 1.09 bits per heavy atom. The highest BCUT2D eigenvalue weighted by atomic mass is 32.2. The van der Waals surface area contributed by atoms with E-state index < -0.39 is 31.4 Å². The number of sulfonamides is 1. The summed E-state index contributed by atoms with van der Waals surface area (Å²) >= 11 is 0. The molecular formula is C23H25N5O5S. The van der Waals surface area contributed by atoms with Gasteiger partial charge in [-0.3, -0.25) is 14.9 Å². The van der Waals surface area contributed by atoms with Gasteiger partial charge in [-0.25, -0.2) is 23.1 Å². The van der Waals surface area contributed by atoms with Gasteiger partial charge in [0.15, 0.2) is 4.90 Å². The standard InChI is InChI=1S/C23H25N5O5S/c1-3-9-19-18(16-24-23(25-19)27(2)15-14-17-10-5-4-6-11-17)22(29)26-34(32,33)21-13-8-7-12-20(21)28(30)31/h4-8,10-13,16H,3,9,14-15H2,1-2H3,(H,26,29). The third kappa shape index (κ3) is 5.93. The fourth-order valence-electron chi connectivity index (χ4n) is 3.32. The van der Waals surface area contributed by atoms with Crippen molar-refractivity contribution in [3.05, 3.63) is 87.7 Å². The predicted molar refractivity (Wildman–Crippen MR) is 127 cm³/mol. The van der Waals surface area contributed by atoms with E-state index >= 15 is 0 Å². The van der Waals surface area contributed by atoms with Crippen LogP contribution in [0.4, 0.5) is 11.6 Å². The average Bonchev–Trinajstić information content (AvgIpc) is 2.83. The number of nitro groups is 1. The van der Waals surface area contributed by atoms with Crippen LogP contribution in [0, 0.1) is 10.1 Å². The molecule has 0 aliphatic carbocycles. The number of likely N-dealkylation sites (N-methyl/N-ethyl adjacent to an activating group) is 1. The number of nitrogens with one attached hydrogen (secondary N) is 1. The second-order valence-electron chi connectivity index (χ2n) is 7.60. The molecule has 0 aliphatic rings. The Bertz CT molecular complexity index is 1280. The molecule has 3 aromatic rings. The van der Waals surface area contributed by atoms with Crippen molar-refractivity contribution in [1.82, 2.24) is 14.7 Å². The van der Waals surface area contributed by atoms with Crippen LogP contribution in [0.5, 0.6) is 0 Å². The number of hydrogen-bond acceptors (Lipinski definition) is 8. The molecule has 10 nitrogen and oxygen atoms in total. The highest BCUT2D eigenvalue weighted by Crippen LogP contribution is 2.23. The monoisotopic (exact) mass is 483 g/mol. The lowest BCUT2D eigenvalue weighted by Gasteiger charge is -2.19. The zero-order valence-corrected chi connectivity index (χ0v) is 19.7. The number of aryl methyl sites for hydroxylation is 1. The van der Waals surface area contributed by atoms with Crippen LogP contribution in [0.1, 0.15) is 35.0 Å². The molecule has 0 radical (unpaired) electrons. The largest absolute Gasteiger partial charge is 0.344 e. The summed E-state index contributed by atoms with van der Waals surface area (Å²) in [7, 11) is -2.65. The van der Waals surface area contributed by atoms with Crippen molar-refractivity contribution in [1.29, 1.82) is 0 Å². The van der Waals surface area contributed by atoms with Crippen molar-refractivity contribution >= 4 is 27.6 Å². The first-order chi connectivity index (χ1) is 16.2. The number of carbonyl (C=O) groups is 1. The molecule has 34 heavy (non-hydrogen) atoms. The van der Waals surface area contributed by atoms with Crippen molar-refractivity contribution in [2.75, 3.05) is 18.5 Å². The third-order valence-corrected chi connectivity index (χ3v) is 6.46. The van der Waals surface area contributed by atoms with Crippen molar-refractivity contribution < 1.29 is 18.1 Å². The molecule has 0 bridgehead atoms. The van der Waals surface area contributed by atoms with Crippen LogP contribution in [0.25, 0.3) is 0 Å². The molecule has 3 rings (SSSR count). The highest BCUT2D eigenvalue weighted by molar-refractivity contribution is 7.90. The van der Waals surface area contributed by atoms with Crippen LogP contribution >= 0.6 is 0 Å². The summed E-state index contributed by atoms with van der Waals surface area (Å²) < 4.78 is 27.4. The van der Waals surface area contributed by atoms with E-state index in [1.807, 2.05) is 53.9 Å². The molecule has 178 valence electrons. The third-order valence-electron chi connectivity index (χ3n) is 5.09. The molecule has 0 spiro atoms. The number of rotatable bonds is 10. The van der Waals surface area contributed by atoms with E-state index in [9.17, 15) is 23.3 Å². The second-order valence-corrected chi connectivity index (χ2v) is 9.25. The molecular weight excluding hydrogens is 458 g/mol. The summed E-state index contributed by atoms with van der Waals surface area (Å²) in [5.41, 5.74) is 0.945. The van der Waals surface area contributed by atoms with E-state index in [4.69, 9.17) is 0 Å². The molecule has 1 amide bonds. The summed E-state index contributed by atoms with van der Waals surface area (Å²) in [6.45, 7) is 2.56. The Kier molecular flexibility index (Phi) is 7.90. The summed E-state index contributed by atoms with van der Waals surface area (Å²) in [5.74, 6) is -0.530. The summed E-state index contributed by atoms with van der Waals surface area (Å²) in [4.78, 5) is 33.3. The van der Waals surface area contributed by atoms with Crippen LogP contribution in [-0.2, 0) is 22.9 Å². The summed E-state index contributed by atoms with van der Waals surface area (Å²) in [5, 5.41) is 11.2. The second kappa shape index (κ2) is 10.8. The van der Waals surface area contributed by atoms with Gasteiger partial charge >= 0.3 is 0 Å². The van der Waals surface area contributed by atoms with E-state index in [2.05, 4.69) is 9.97 Å². The Hall–Kier alpha value is -3.86. The van der Waals surface area contributed by atoms with Gasteiger partial charge < -0.3 is 4.90 Å². The number of para-hydroxylation sites is 1. The minimum Gasteiger partial charge on any atom is -0.344 e. The smallest absolute Gasteiger partial charge is 0.289 e. The van der Waals surface area contributed by atoms with Gasteiger partial charge in [-0.15, -0.1) is 0 Å². The Morgan fingerprint density at radius 2 is 1.76 bits per heavy atom. The summed E-state index contributed by atoms with van der Waals surface area (Å²) in [6.07, 6.45) is 3.16.